The molecule has 0 spiro atoms. The number of carbonyl (C=O) groups excluding carboxylic acids is 5. The number of hydrogen-bond donors (Lipinski definition) is 2. The minimum atomic E-state index is -1.08. The van der Waals surface area contributed by atoms with Crippen LogP contribution in [0.2, 0.25) is 0 Å². The largest absolute Gasteiger partial charge is 0.369 e. The van der Waals surface area contributed by atoms with Crippen molar-refractivity contribution < 1.29 is 28.4 Å². The van der Waals surface area contributed by atoms with Gasteiger partial charge < -0.3 is 15.1 Å². The van der Waals surface area contributed by atoms with E-state index in [1.807, 2.05) is 11.0 Å². The number of benzene rings is 1. The summed E-state index contributed by atoms with van der Waals surface area (Å²) in [6.07, 6.45) is 5.67. The summed E-state index contributed by atoms with van der Waals surface area (Å²) in [4.78, 5) is 70.3. The number of halogens is 1. The third kappa shape index (κ3) is 5.59. The number of amides is 5. The molecule has 2 N–H and O–H groups in total. The fourth-order valence-corrected chi connectivity index (χ4v) is 8.42. The summed E-state index contributed by atoms with van der Waals surface area (Å²) in [5.74, 6) is -1.01. The van der Waals surface area contributed by atoms with E-state index in [0.717, 1.165) is 75.2 Å². The average Bonchev–Trinajstić information content (AvgIpc) is 3.39. The summed E-state index contributed by atoms with van der Waals surface area (Å²) in [7, 11) is 0. The van der Waals surface area contributed by atoms with Crippen molar-refractivity contribution in [2.24, 2.45) is 17.8 Å². The normalized spacial score (nSPS) is 27.6. The van der Waals surface area contributed by atoms with Crippen molar-refractivity contribution in [3.05, 3.63) is 46.9 Å². The van der Waals surface area contributed by atoms with E-state index in [2.05, 4.69) is 30.6 Å². The van der Waals surface area contributed by atoms with Crippen molar-refractivity contribution in [2.45, 2.75) is 57.0 Å². The summed E-state index contributed by atoms with van der Waals surface area (Å²) >= 11 is 0. The summed E-state index contributed by atoms with van der Waals surface area (Å²) in [6.45, 7) is 5.76. The molecule has 2 aromatic rings. The Morgan fingerprint density at radius 3 is 2.25 bits per heavy atom. The predicted molar refractivity (Wildman–Crippen MR) is 171 cm³/mol. The Morgan fingerprint density at radius 1 is 0.875 bits per heavy atom. The number of nitrogens with zero attached hydrogens (tertiary/aromatic N) is 6. The van der Waals surface area contributed by atoms with E-state index in [0.29, 0.717) is 42.2 Å². The van der Waals surface area contributed by atoms with Gasteiger partial charge in [0.05, 0.1) is 16.8 Å². The van der Waals surface area contributed by atoms with Crippen molar-refractivity contribution in [3.8, 4) is 0 Å². The molecular weight excluding hydrogens is 619 g/mol. The van der Waals surface area contributed by atoms with Crippen molar-refractivity contribution in [1.29, 1.82) is 0 Å². The third-order valence-electron chi connectivity index (χ3n) is 11.2. The van der Waals surface area contributed by atoms with Gasteiger partial charge in [-0.05, 0) is 61.3 Å². The zero-order valence-electron chi connectivity index (χ0n) is 26.7. The molecule has 0 radical (unpaired) electrons. The zero-order valence-corrected chi connectivity index (χ0v) is 26.7. The van der Waals surface area contributed by atoms with Crippen molar-refractivity contribution in [3.63, 3.8) is 0 Å². The molecule has 3 saturated heterocycles. The van der Waals surface area contributed by atoms with E-state index in [4.69, 9.17) is 0 Å². The van der Waals surface area contributed by atoms with Crippen LogP contribution in [0.15, 0.2) is 24.3 Å². The molecule has 2 aliphatic carbocycles. The van der Waals surface area contributed by atoms with Crippen LogP contribution in [-0.2, 0) is 9.59 Å². The third-order valence-corrected chi connectivity index (χ3v) is 11.2. The molecule has 13 nitrogen and oxygen atoms in total. The maximum atomic E-state index is 15.3. The van der Waals surface area contributed by atoms with E-state index in [9.17, 15) is 24.0 Å². The fourth-order valence-electron chi connectivity index (χ4n) is 8.42. The van der Waals surface area contributed by atoms with Gasteiger partial charge in [0.1, 0.15) is 11.9 Å². The molecular formula is C34H39FN8O5. The van der Waals surface area contributed by atoms with Crippen LogP contribution in [0.5, 0.6) is 0 Å². The molecule has 4 atom stereocenters. The topological polar surface area (TPSA) is 148 Å². The summed E-state index contributed by atoms with van der Waals surface area (Å²) in [5, 5.41) is 13.8. The lowest BCUT2D eigenvalue weighted by Gasteiger charge is -2.35. The standard InChI is InChI=1S/C34H39FN8O5/c35-25-14-20-21(34(48)43(33(20)47)27-7-9-30(44)37-32(27)46)15-28(25)42-17-23-22(24(23)18-42)16-40-10-12-41(13-11-40)29-8-6-26(38-39-29)31(45)36-19-4-2-1-3-5-19/h6,8,14-15,19,22-24,27H,1-5,7,9-13,16-18H2,(H,36,45)(H,37,44,46)/t22-,23-,24+,27?. The Balaban J connectivity index is 0.824. The molecule has 1 aromatic carbocycles. The fraction of sp³-hybridized carbons (Fsp3) is 0.559. The molecule has 252 valence electrons. The number of piperidine rings is 2. The molecule has 1 aromatic heterocycles. The first kappa shape index (κ1) is 30.8. The number of carbonyl (C=O) groups is 5. The number of fused-ring (bicyclic) bond motifs is 2. The van der Waals surface area contributed by atoms with E-state index in [-0.39, 0.29) is 35.9 Å². The molecule has 5 fully saturated rings. The highest BCUT2D eigenvalue weighted by Crippen LogP contribution is 2.53. The molecule has 0 bridgehead atoms. The number of rotatable bonds is 7. The highest BCUT2D eigenvalue weighted by atomic mass is 19.1. The quantitative estimate of drug-likeness (QED) is 0.421. The molecule has 8 rings (SSSR count). The van der Waals surface area contributed by atoms with Crippen LogP contribution in [0, 0.1) is 23.6 Å². The Morgan fingerprint density at radius 2 is 1.58 bits per heavy atom. The first-order valence-electron chi connectivity index (χ1n) is 17.2. The molecule has 6 aliphatic rings. The van der Waals surface area contributed by atoms with Gasteiger partial charge in [-0.25, -0.2) is 4.39 Å². The number of aromatic nitrogens is 2. The van der Waals surface area contributed by atoms with Gasteiger partial charge in [-0.15, -0.1) is 10.2 Å². The van der Waals surface area contributed by atoms with Gasteiger partial charge in [0.15, 0.2) is 11.5 Å². The summed E-state index contributed by atoms with van der Waals surface area (Å²) in [6, 6.07) is 5.35. The minimum Gasteiger partial charge on any atom is -0.369 e. The first-order chi connectivity index (χ1) is 23.2. The Bertz CT molecular complexity index is 1660. The number of piperazine rings is 1. The van der Waals surface area contributed by atoms with Crippen molar-refractivity contribution in [2.75, 3.05) is 55.6 Å². The van der Waals surface area contributed by atoms with Crippen LogP contribution in [-0.4, -0.2) is 107 Å². The molecule has 48 heavy (non-hydrogen) atoms. The molecule has 1 unspecified atom stereocenters. The predicted octanol–water partition coefficient (Wildman–Crippen LogP) is 1.58. The maximum absolute atomic E-state index is 15.3. The van der Waals surface area contributed by atoms with Gasteiger partial charge in [0, 0.05) is 58.3 Å². The number of imide groups is 2. The van der Waals surface area contributed by atoms with Crippen molar-refractivity contribution >= 4 is 41.0 Å². The molecule has 5 amide bonds. The van der Waals surface area contributed by atoms with E-state index in [1.54, 1.807) is 6.07 Å². The first-order valence-corrected chi connectivity index (χ1v) is 17.2. The Kier molecular flexibility index (Phi) is 7.85. The number of hydrogen-bond acceptors (Lipinski definition) is 10. The van der Waals surface area contributed by atoms with Gasteiger partial charge >= 0.3 is 0 Å². The van der Waals surface area contributed by atoms with Gasteiger partial charge in [-0.3, -0.25) is 39.1 Å². The number of nitrogens with one attached hydrogen (secondary N) is 2. The number of anilines is 2. The second kappa shape index (κ2) is 12.2. The van der Waals surface area contributed by atoms with Gasteiger partial charge in [-0.1, -0.05) is 19.3 Å². The summed E-state index contributed by atoms with van der Waals surface area (Å²) < 4.78 is 15.3. The molecule has 5 heterocycles. The Hall–Kier alpha value is -4.46. The monoisotopic (exact) mass is 658 g/mol. The van der Waals surface area contributed by atoms with Crippen molar-refractivity contribution in [1.82, 2.24) is 30.6 Å². The average molecular weight is 659 g/mol. The highest BCUT2D eigenvalue weighted by Gasteiger charge is 2.56. The zero-order chi connectivity index (χ0) is 33.1. The van der Waals surface area contributed by atoms with E-state index < -0.39 is 35.5 Å². The second-order valence-electron chi connectivity index (χ2n) is 14.1. The van der Waals surface area contributed by atoms with Crippen LogP contribution in [0.4, 0.5) is 15.9 Å². The van der Waals surface area contributed by atoms with E-state index in [1.165, 1.54) is 12.5 Å². The maximum Gasteiger partial charge on any atom is 0.272 e. The van der Waals surface area contributed by atoms with Crippen LogP contribution in [0.1, 0.15) is 76.2 Å². The van der Waals surface area contributed by atoms with Crippen LogP contribution in [0.25, 0.3) is 0 Å². The smallest absolute Gasteiger partial charge is 0.272 e. The lowest BCUT2D eigenvalue weighted by molar-refractivity contribution is -0.136. The van der Waals surface area contributed by atoms with Gasteiger partial charge in [0.25, 0.3) is 17.7 Å². The molecule has 4 aliphatic heterocycles. The minimum absolute atomic E-state index is 0.0286. The molecule has 2 saturated carbocycles. The SMILES string of the molecule is O=C1CCC(N2C(=O)c3cc(F)c(N4C[C@@H]5[C@@H](CN6CCN(c7ccc(C(=O)NC8CCCCC8)nn7)CC6)[C@@H]5C4)cc3C2=O)C(=O)N1. The van der Waals surface area contributed by atoms with Crippen LogP contribution >= 0.6 is 0 Å². The van der Waals surface area contributed by atoms with Gasteiger partial charge in [-0.2, -0.15) is 0 Å². The molecule has 14 heteroatoms. The lowest BCUT2D eigenvalue weighted by Crippen LogP contribution is -2.54. The van der Waals surface area contributed by atoms with Crippen LogP contribution in [0.3, 0.4) is 0 Å². The van der Waals surface area contributed by atoms with Gasteiger partial charge in [0.2, 0.25) is 11.8 Å². The lowest BCUT2D eigenvalue weighted by atomic mass is 9.95. The Labute approximate surface area is 277 Å². The second-order valence-corrected chi connectivity index (χ2v) is 14.1. The summed E-state index contributed by atoms with van der Waals surface area (Å²) in [5.41, 5.74) is 0.706. The highest BCUT2D eigenvalue weighted by molar-refractivity contribution is 6.23. The van der Waals surface area contributed by atoms with Crippen LogP contribution < -0.4 is 20.4 Å². The van der Waals surface area contributed by atoms with E-state index >= 15 is 4.39 Å².